The molecule has 2 aromatic rings. The van der Waals surface area contributed by atoms with Crippen molar-refractivity contribution in [3.8, 4) is 0 Å². The molecule has 0 amide bonds. The van der Waals surface area contributed by atoms with Gasteiger partial charge in [0.05, 0.1) is 5.02 Å². The second-order valence-electron chi connectivity index (χ2n) is 4.61. The van der Waals surface area contributed by atoms with E-state index < -0.39 is 0 Å². The van der Waals surface area contributed by atoms with Crippen LogP contribution >= 0.6 is 46.6 Å². The van der Waals surface area contributed by atoms with Crippen LogP contribution in [-0.2, 0) is 6.54 Å². The van der Waals surface area contributed by atoms with Crippen LogP contribution in [0.25, 0.3) is 0 Å². The minimum absolute atomic E-state index is 0.676. The van der Waals surface area contributed by atoms with E-state index in [0.717, 1.165) is 34.3 Å². The second-order valence-corrected chi connectivity index (χ2v) is 6.97. The third-order valence-electron chi connectivity index (χ3n) is 2.88. The van der Waals surface area contributed by atoms with Gasteiger partial charge in [-0.05, 0) is 48.9 Å². The molecule has 2 aromatic carbocycles. The van der Waals surface area contributed by atoms with Crippen LogP contribution in [0.15, 0.2) is 46.2 Å². The number of rotatable bonds is 6. The molecule has 0 aliphatic heterocycles. The third-order valence-corrected chi connectivity index (χ3v) is 4.95. The van der Waals surface area contributed by atoms with E-state index in [1.54, 1.807) is 17.8 Å². The molecular formula is C16H16Cl3NS. The average Bonchev–Trinajstić information content (AvgIpc) is 2.45. The number of hydrogen-bond acceptors (Lipinski definition) is 2. The van der Waals surface area contributed by atoms with Gasteiger partial charge in [-0.2, -0.15) is 0 Å². The van der Waals surface area contributed by atoms with Gasteiger partial charge in [0.1, 0.15) is 0 Å². The van der Waals surface area contributed by atoms with Gasteiger partial charge >= 0.3 is 0 Å². The summed E-state index contributed by atoms with van der Waals surface area (Å²) in [6.45, 7) is 3.95. The molecule has 1 N–H and O–H groups in total. The lowest BCUT2D eigenvalue weighted by Gasteiger charge is -2.12. The largest absolute Gasteiger partial charge is 0.313 e. The lowest BCUT2D eigenvalue weighted by molar-refractivity contribution is 0.669. The van der Waals surface area contributed by atoms with Crippen molar-refractivity contribution >= 4 is 46.6 Å². The maximum atomic E-state index is 6.24. The molecule has 0 fully saturated rings. The maximum absolute atomic E-state index is 6.24. The molecule has 0 atom stereocenters. The molecule has 0 spiro atoms. The molecular weight excluding hydrogens is 345 g/mol. The highest BCUT2D eigenvalue weighted by molar-refractivity contribution is 7.99. The van der Waals surface area contributed by atoms with Crippen LogP contribution in [0.3, 0.4) is 0 Å². The zero-order valence-corrected chi connectivity index (χ0v) is 14.7. The first-order chi connectivity index (χ1) is 10.1. The molecule has 0 bridgehead atoms. The summed E-state index contributed by atoms with van der Waals surface area (Å²) in [6, 6.07) is 11.4. The van der Waals surface area contributed by atoms with Gasteiger partial charge in [-0.1, -0.05) is 59.6 Å². The van der Waals surface area contributed by atoms with E-state index in [1.807, 2.05) is 30.3 Å². The topological polar surface area (TPSA) is 12.0 Å². The monoisotopic (exact) mass is 359 g/mol. The molecule has 0 aliphatic rings. The Balaban J connectivity index is 2.25. The molecule has 0 saturated heterocycles. The summed E-state index contributed by atoms with van der Waals surface area (Å²) >= 11 is 20.0. The number of benzene rings is 2. The molecule has 5 heteroatoms. The first-order valence-electron chi connectivity index (χ1n) is 6.72. The van der Waals surface area contributed by atoms with E-state index >= 15 is 0 Å². The van der Waals surface area contributed by atoms with Crippen LogP contribution in [0.4, 0.5) is 0 Å². The molecule has 0 unspecified atom stereocenters. The molecule has 2 rings (SSSR count). The molecule has 0 saturated carbocycles. The lowest BCUT2D eigenvalue weighted by Crippen LogP contribution is -2.14. The summed E-state index contributed by atoms with van der Waals surface area (Å²) in [5.41, 5.74) is 1.20. The highest BCUT2D eigenvalue weighted by Crippen LogP contribution is 2.37. The number of halogens is 3. The van der Waals surface area contributed by atoms with Crippen LogP contribution in [0, 0.1) is 0 Å². The molecule has 0 aromatic heterocycles. The molecule has 0 aliphatic carbocycles. The molecule has 21 heavy (non-hydrogen) atoms. The highest BCUT2D eigenvalue weighted by Gasteiger charge is 2.09. The number of hydrogen-bond donors (Lipinski definition) is 1. The SMILES string of the molecule is CCCNCc1ccc(Cl)cc1Sc1cc(Cl)ccc1Cl. The van der Waals surface area contributed by atoms with E-state index in [2.05, 4.69) is 12.2 Å². The fraction of sp³-hybridized carbons (Fsp3) is 0.250. The van der Waals surface area contributed by atoms with Gasteiger partial charge in [0.25, 0.3) is 0 Å². The van der Waals surface area contributed by atoms with E-state index in [4.69, 9.17) is 34.8 Å². The molecule has 112 valence electrons. The van der Waals surface area contributed by atoms with Crippen molar-refractivity contribution in [2.45, 2.75) is 29.7 Å². The van der Waals surface area contributed by atoms with Crippen LogP contribution in [0.2, 0.25) is 15.1 Å². The second kappa shape index (κ2) is 8.30. The van der Waals surface area contributed by atoms with E-state index in [-0.39, 0.29) is 0 Å². The Kier molecular flexibility index (Phi) is 6.72. The minimum Gasteiger partial charge on any atom is -0.313 e. The van der Waals surface area contributed by atoms with Gasteiger partial charge in [-0.3, -0.25) is 0 Å². The maximum Gasteiger partial charge on any atom is 0.0546 e. The van der Waals surface area contributed by atoms with Gasteiger partial charge in [-0.15, -0.1) is 0 Å². The zero-order chi connectivity index (χ0) is 15.2. The molecule has 0 radical (unpaired) electrons. The Morgan fingerprint density at radius 1 is 0.952 bits per heavy atom. The normalized spacial score (nSPS) is 10.9. The smallest absolute Gasteiger partial charge is 0.0546 e. The van der Waals surface area contributed by atoms with Gasteiger partial charge in [0.15, 0.2) is 0 Å². The van der Waals surface area contributed by atoms with Crippen molar-refractivity contribution in [3.05, 3.63) is 57.0 Å². The Labute approximate surface area is 145 Å². The third kappa shape index (κ3) is 5.08. The van der Waals surface area contributed by atoms with Crippen molar-refractivity contribution < 1.29 is 0 Å². The number of nitrogens with one attached hydrogen (secondary N) is 1. The summed E-state index contributed by atoms with van der Waals surface area (Å²) in [5.74, 6) is 0. The van der Waals surface area contributed by atoms with Crippen molar-refractivity contribution in [2.24, 2.45) is 0 Å². The van der Waals surface area contributed by atoms with Crippen molar-refractivity contribution in [2.75, 3.05) is 6.54 Å². The Bertz CT molecular complexity index is 616. The summed E-state index contributed by atoms with van der Waals surface area (Å²) in [7, 11) is 0. The van der Waals surface area contributed by atoms with E-state index in [1.165, 1.54) is 5.56 Å². The summed E-state index contributed by atoms with van der Waals surface area (Å²) in [6.07, 6.45) is 1.11. The van der Waals surface area contributed by atoms with E-state index in [0.29, 0.717) is 10.0 Å². The Morgan fingerprint density at radius 2 is 1.62 bits per heavy atom. The lowest BCUT2D eigenvalue weighted by atomic mass is 10.2. The quantitative estimate of drug-likeness (QED) is 0.607. The van der Waals surface area contributed by atoms with Gasteiger partial charge in [0.2, 0.25) is 0 Å². The van der Waals surface area contributed by atoms with Gasteiger partial charge in [0, 0.05) is 26.4 Å². The van der Waals surface area contributed by atoms with Gasteiger partial charge in [-0.25, -0.2) is 0 Å². The summed E-state index contributed by atoms with van der Waals surface area (Å²) in [4.78, 5) is 2.03. The fourth-order valence-electron chi connectivity index (χ4n) is 1.84. The van der Waals surface area contributed by atoms with Crippen LogP contribution in [-0.4, -0.2) is 6.54 Å². The first kappa shape index (κ1) is 17.0. The summed E-state index contributed by atoms with van der Waals surface area (Å²) in [5, 5.41) is 5.49. The fourth-order valence-corrected chi connectivity index (χ4v) is 3.60. The highest BCUT2D eigenvalue weighted by atomic mass is 35.5. The molecule has 0 heterocycles. The van der Waals surface area contributed by atoms with E-state index in [9.17, 15) is 0 Å². The van der Waals surface area contributed by atoms with Crippen LogP contribution < -0.4 is 5.32 Å². The van der Waals surface area contributed by atoms with Crippen LogP contribution in [0.5, 0.6) is 0 Å². The predicted molar refractivity (Wildman–Crippen MR) is 94.0 cm³/mol. The first-order valence-corrected chi connectivity index (χ1v) is 8.67. The van der Waals surface area contributed by atoms with Gasteiger partial charge < -0.3 is 5.32 Å². The van der Waals surface area contributed by atoms with Crippen molar-refractivity contribution in [1.29, 1.82) is 0 Å². The summed E-state index contributed by atoms with van der Waals surface area (Å²) < 4.78 is 0. The van der Waals surface area contributed by atoms with Crippen LogP contribution in [0.1, 0.15) is 18.9 Å². The standard InChI is InChI=1S/C16H16Cl3NS/c1-2-7-20-10-11-3-4-12(17)8-15(11)21-16-9-13(18)5-6-14(16)19/h3-6,8-9,20H,2,7,10H2,1H3. The van der Waals surface area contributed by atoms with Crippen molar-refractivity contribution in [1.82, 2.24) is 5.32 Å². The van der Waals surface area contributed by atoms with Crippen molar-refractivity contribution in [3.63, 3.8) is 0 Å². The average molecular weight is 361 g/mol. The molecule has 1 nitrogen and oxygen atoms in total. The Hall–Kier alpha value is -0.380. The zero-order valence-electron chi connectivity index (χ0n) is 11.6. The minimum atomic E-state index is 0.676. The Morgan fingerprint density at radius 3 is 2.33 bits per heavy atom. The predicted octanol–water partition coefficient (Wildman–Crippen LogP) is 6.30.